The number of nitrogens with zero attached hydrogens (tertiary/aromatic N) is 2. The quantitative estimate of drug-likeness (QED) is 0.446. The molecule has 0 unspecified atom stereocenters. The van der Waals surface area contributed by atoms with Gasteiger partial charge in [-0.2, -0.15) is 0 Å². The fourth-order valence-electron chi connectivity index (χ4n) is 2.43. The lowest BCUT2D eigenvalue weighted by atomic mass is 10.1. The van der Waals surface area contributed by atoms with E-state index in [0.717, 1.165) is 30.2 Å². The first kappa shape index (κ1) is 17.2. The van der Waals surface area contributed by atoms with E-state index in [1.807, 2.05) is 0 Å². The highest BCUT2D eigenvalue weighted by molar-refractivity contribution is 7.99. The SMILES string of the molecule is CCCSc1nc(Cl)c(N)c(N[C@H]2C[C@@H]2c2ccc(F)c(F)c2)n1. The zero-order valence-electron chi connectivity index (χ0n) is 13.0. The first-order valence-corrected chi connectivity index (χ1v) is 9.03. The number of nitrogen functional groups attached to an aromatic ring is 1. The fourth-order valence-corrected chi connectivity index (χ4v) is 3.35. The molecule has 0 saturated heterocycles. The van der Waals surface area contributed by atoms with Crippen molar-refractivity contribution in [1.29, 1.82) is 0 Å². The number of aromatic nitrogens is 2. The fraction of sp³-hybridized carbons (Fsp3) is 0.375. The maximum atomic E-state index is 13.4. The number of nitrogens with one attached hydrogen (secondary N) is 1. The van der Waals surface area contributed by atoms with Crippen LogP contribution in [0.4, 0.5) is 20.3 Å². The van der Waals surface area contributed by atoms with Crippen molar-refractivity contribution >= 4 is 34.9 Å². The van der Waals surface area contributed by atoms with Crippen molar-refractivity contribution in [2.24, 2.45) is 0 Å². The van der Waals surface area contributed by atoms with E-state index in [1.165, 1.54) is 17.8 Å². The van der Waals surface area contributed by atoms with Gasteiger partial charge in [0, 0.05) is 17.7 Å². The molecular formula is C16H17ClF2N4S. The number of halogens is 3. The molecule has 8 heteroatoms. The molecule has 4 nitrogen and oxygen atoms in total. The molecule has 128 valence electrons. The highest BCUT2D eigenvalue weighted by Gasteiger charge is 2.39. The summed E-state index contributed by atoms with van der Waals surface area (Å²) in [6, 6.07) is 4.05. The van der Waals surface area contributed by atoms with Crippen LogP contribution >= 0.6 is 23.4 Å². The minimum atomic E-state index is -0.840. The summed E-state index contributed by atoms with van der Waals surface area (Å²) in [5.74, 6) is -0.196. The second kappa shape index (κ2) is 7.11. The Labute approximate surface area is 148 Å². The molecule has 0 bridgehead atoms. The van der Waals surface area contributed by atoms with Crippen molar-refractivity contribution in [2.75, 3.05) is 16.8 Å². The van der Waals surface area contributed by atoms with Gasteiger partial charge in [-0.1, -0.05) is 36.4 Å². The van der Waals surface area contributed by atoms with Crippen molar-refractivity contribution in [2.45, 2.75) is 36.9 Å². The Morgan fingerprint density at radius 1 is 1.33 bits per heavy atom. The number of hydrogen-bond acceptors (Lipinski definition) is 5. The molecule has 1 fully saturated rings. The summed E-state index contributed by atoms with van der Waals surface area (Å²) in [5.41, 5.74) is 7.00. The summed E-state index contributed by atoms with van der Waals surface area (Å²) in [4.78, 5) is 8.57. The average molecular weight is 371 g/mol. The molecule has 3 rings (SSSR count). The van der Waals surface area contributed by atoms with E-state index < -0.39 is 11.6 Å². The molecule has 1 aliphatic rings. The van der Waals surface area contributed by atoms with Crippen molar-refractivity contribution in [1.82, 2.24) is 9.97 Å². The number of anilines is 2. The molecule has 3 N–H and O–H groups in total. The molecule has 1 aromatic heterocycles. The van der Waals surface area contributed by atoms with Crippen LogP contribution in [0.15, 0.2) is 23.4 Å². The topological polar surface area (TPSA) is 63.8 Å². The molecule has 0 radical (unpaired) electrons. The number of nitrogens with two attached hydrogens (primary N) is 1. The van der Waals surface area contributed by atoms with Gasteiger partial charge in [-0.05, 0) is 30.5 Å². The smallest absolute Gasteiger partial charge is 0.191 e. The lowest BCUT2D eigenvalue weighted by Crippen LogP contribution is -2.10. The molecule has 1 aromatic carbocycles. The van der Waals surface area contributed by atoms with Gasteiger partial charge in [0.25, 0.3) is 0 Å². The Kier molecular flexibility index (Phi) is 5.10. The van der Waals surface area contributed by atoms with E-state index in [1.54, 1.807) is 6.07 Å². The molecule has 24 heavy (non-hydrogen) atoms. The largest absolute Gasteiger partial charge is 0.393 e. The van der Waals surface area contributed by atoms with E-state index in [-0.39, 0.29) is 17.1 Å². The van der Waals surface area contributed by atoms with Crippen LogP contribution < -0.4 is 11.1 Å². The van der Waals surface area contributed by atoms with Crippen LogP contribution in [-0.4, -0.2) is 21.8 Å². The molecule has 2 atom stereocenters. The third-order valence-corrected chi connectivity index (χ3v) is 5.14. The third kappa shape index (κ3) is 3.72. The van der Waals surface area contributed by atoms with Gasteiger partial charge < -0.3 is 11.1 Å². The Morgan fingerprint density at radius 2 is 2.12 bits per heavy atom. The number of rotatable bonds is 6. The number of hydrogen-bond donors (Lipinski definition) is 2. The van der Waals surface area contributed by atoms with Gasteiger partial charge in [-0.3, -0.25) is 0 Å². The summed E-state index contributed by atoms with van der Waals surface area (Å²) in [5, 5.41) is 4.03. The first-order chi connectivity index (χ1) is 11.5. The van der Waals surface area contributed by atoms with Crippen LogP contribution in [0.25, 0.3) is 0 Å². The van der Waals surface area contributed by atoms with E-state index in [9.17, 15) is 8.78 Å². The Bertz CT molecular complexity index is 759. The minimum absolute atomic E-state index is 0.0622. The molecule has 1 saturated carbocycles. The van der Waals surface area contributed by atoms with Gasteiger partial charge in [0.15, 0.2) is 27.8 Å². The molecule has 2 aromatic rings. The van der Waals surface area contributed by atoms with Crippen LogP contribution in [0.3, 0.4) is 0 Å². The molecule has 1 aliphatic carbocycles. The Hall–Kier alpha value is -1.60. The second-order valence-corrected chi connectivity index (χ2v) is 7.09. The maximum Gasteiger partial charge on any atom is 0.191 e. The summed E-state index contributed by atoms with van der Waals surface area (Å²) in [6.45, 7) is 2.07. The van der Waals surface area contributed by atoms with Crippen molar-refractivity contribution in [3.05, 3.63) is 40.6 Å². The molecular weight excluding hydrogens is 354 g/mol. The molecule has 1 heterocycles. The number of thioether (sulfide) groups is 1. The highest BCUT2D eigenvalue weighted by atomic mass is 35.5. The Balaban J connectivity index is 1.72. The van der Waals surface area contributed by atoms with Crippen molar-refractivity contribution in [3.8, 4) is 0 Å². The van der Waals surface area contributed by atoms with Crippen molar-refractivity contribution < 1.29 is 8.78 Å². The van der Waals surface area contributed by atoms with E-state index >= 15 is 0 Å². The second-order valence-electron chi connectivity index (χ2n) is 5.67. The van der Waals surface area contributed by atoms with E-state index in [2.05, 4.69) is 22.2 Å². The van der Waals surface area contributed by atoms with Gasteiger partial charge in [-0.15, -0.1) is 0 Å². The van der Waals surface area contributed by atoms with Gasteiger partial charge in [0.05, 0.1) is 0 Å². The summed E-state index contributed by atoms with van der Waals surface area (Å²) < 4.78 is 26.4. The lowest BCUT2D eigenvalue weighted by Gasteiger charge is -2.11. The molecule has 0 aliphatic heterocycles. The van der Waals surface area contributed by atoms with Crippen LogP contribution in [0, 0.1) is 11.6 Å². The normalized spacial score (nSPS) is 19.3. The van der Waals surface area contributed by atoms with Crippen LogP contribution in [0.2, 0.25) is 5.15 Å². The maximum absolute atomic E-state index is 13.4. The third-order valence-electron chi connectivity index (χ3n) is 3.80. The zero-order chi connectivity index (χ0) is 17.3. The summed E-state index contributed by atoms with van der Waals surface area (Å²) in [6.07, 6.45) is 1.79. The molecule has 0 spiro atoms. The predicted octanol–water partition coefficient (Wildman–Crippen LogP) is 4.46. The van der Waals surface area contributed by atoms with Gasteiger partial charge >= 0.3 is 0 Å². The van der Waals surface area contributed by atoms with Gasteiger partial charge in [0.1, 0.15) is 5.69 Å². The summed E-state index contributed by atoms with van der Waals surface area (Å²) >= 11 is 7.58. The van der Waals surface area contributed by atoms with E-state index in [0.29, 0.717) is 16.7 Å². The van der Waals surface area contributed by atoms with E-state index in [4.69, 9.17) is 17.3 Å². The van der Waals surface area contributed by atoms with Crippen LogP contribution in [-0.2, 0) is 0 Å². The Morgan fingerprint density at radius 3 is 2.83 bits per heavy atom. The lowest BCUT2D eigenvalue weighted by molar-refractivity contribution is 0.507. The predicted molar refractivity (Wildman–Crippen MR) is 93.6 cm³/mol. The van der Waals surface area contributed by atoms with Gasteiger partial charge in [-0.25, -0.2) is 18.7 Å². The first-order valence-electron chi connectivity index (χ1n) is 7.67. The van der Waals surface area contributed by atoms with Crippen LogP contribution in [0.1, 0.15) is 31.2 Å². The minimum Gasteiger partial charge on any atom is -0.393 e. The zero-order valence-corrected chi connectivity index (χ0v) is 14.6. The average Bonchev–Trinajstić information content (AvgIpc) is 3.31. The standard InChI is InChI=1S/C16H17ClF2N4S/c1-2-5-24-16-22-14(17)13(20)15(23-16)21-12-7-9(12)8-3-4-10(18)11(19)6-8/h3-4,6,9,12H,2,5,7,20H2,1H3,(H,21,22,23)/t9-,12+/m1/s1. The highest BCUT2D eigenvalue weighted by Crippen LogP contribution is 2.44. The monoisotopic (exact) mass is 370 g/mol. The number of benzene rings is 1. The summed E-state index contributed by atoms with van der Waals surface area (Å²) in [7, 11) is 0. The molecule has 0 amide bonds. The van der Waals surface area contributed by atoms with Gasteiger partial charge in [0.2, 0.25) is 0 Å². The van der Waals surface area contributed by atoms with Crippen molar-refractivity contribution in [3.63, 3.8) is 0 Å². The van der Waals surface area contributed by atoms with Crippen LogP contribution in [0.5, 0.6) is 0 Å².